The van der Waals surface area contributed by atoms with Crippen molar-refractivity contribution < 1.29 is 0 Å². The van der Waals surface area contributed by atoms with Crippen LogP contribution in [0, 0.1) is 28.1 Å². The van der Waals surface area contributed by atoms with E-state index < -0.39 is 0 Å². The van der Waals surface area contributed by atoms with E-state index >= 15 is 0 Å². The standard InChI is InChI=1S/C14H28N2/c1-12(2)14(5,6)11-16-9-7-8-13(3,4)10-15/h12,16H,7-9,11H2,1-6H3. The second-order valence-corrected chi connectivity index (χ2v) is 6.42. The minimum absolute atomic E-state index is 0.171. The third kappa shape index (κ3) is 6.12. The summed E-state index contributed by atoms with van der Waals surface area (Å²) in [7, 11) is 0. The number of nitrogens with one attached hydrogen (secondary N) is 1. The van der Waals surface area contributed by atoms with Crippen molar-refractivity contribution in [1.82, 2.24) is 5.32 Å². The van der Waals surface area contributed by atoms with Crippen LogP contribution in [0.25, 0.3) is 0 Å². The maximum Gasteiger partial charge on any atom is 0.0683 e. The predicted octanol–water partition coefficient (Wildman–Crippen LogP) is 3.59. The van der Waals surface area contributed by atoms with E-state index in [1.807, 2.05) is 13.8 Å². The molecule has 0 fully saturated rings. The topological polar surface area (TPSA) is 35.8 Å². The van der Waals surface area contributed by atoms with Gasteiger partial charge >= 0.3 is 0 Å². The molecule has 0 amide bonds. The molecule has 0 aliphatic heterocycles. The molecule has 0 aromatic heterocycles. The zero-order valence-electron chi connectivity index (χ0n) is 11.9. The van der Waals surface area contributed by atoms with Crippen LogP contribution >= 0.6 is 0 Å². The first-order valence-corrected chi connectivity index (χ1v) is 6.33. The third-order valence-electron chi connectivity index (χ3n) is 3.60. The van der Waals surface area contributed by atoms with Gasteiger partial charge in [-0.3, -0.25) is 0 Å². The molecule has 0 aromatic rings. The second kappa shape index (κ2) is 6.25. The van der Waals surface area contributed by atoms with E-state index in [9.17, 15) is 0 Å². The molecule has 0 saturated carbocycles. The van der Waals surface area contributed by atoms with E-state index in [0.717, 1.165) is 25.9 Å². The second-order valence-electron chi connectivity index (χ2n) is 6.42. The summed E-state index contributed by atoms with van der Waals surface area (Å²) >= 11 is 0. The first kappa shape index (κ1) is 15.4. The highest BCUT2D eigenvalue weighted by Crippen LogP contribution is 2.25. The number of rotatable bonds is 7. The predicted molar refractivity (Wildman–Crippen MR) is 70.1 cm³/mol. The molecule has 2 heteroatoms. The molecule has 0 atom stereocenters. The summed E-state index contributed by atoms with van der Waals surface area (Å²) in [5.74, 6) is 0.690. The van der Waals surface area contributed by atoms with Gasteiger partial charge in [-0.15, -0.1) is 0 Å². The lowest BCUT2D eigenvalue weighted by Gasteiger charge is -2.29. The Morgan fingerprint density at radius 1 is 1.19 bits per heavy atom. The van der Waals surface area contributed by atoms with Crippen molar-refractivity contribution in [3.8, 4) is 6.07 Å². The molecule has 0 bridgehead atoms. The number of nitrogens with zero attached hydrogens (tertiary/aromatic N) is 1. The quantitative estimate of drug-likeness (QED) is 0.671. The Morgan fingerprint density at radius 2 is 1.75 bits per heavy atom. The summed E-state index contributed by atoms with van der Waals surface area (Å²) in [6, 6.07) is 2.34. The fourth-order valence-electron chi connectivity index (χ4n) is 1.33. The highest BCUT2D eigenvalue weighted by atomic mass is 14.9. The molecule has 2 nitrogen and oxygen atoms in total. The first-order chi connectivity index (χ1) is 7.21. The van der Waals surface area contributed by atoms with E-state index in [1.54, 1.807) is 0 Å². The normalized spacial score (nSPS) is 12.9. The molecular weight excluding hydrogens is 196 g/mol. The molecule has 0 radical (unpaired) electrons. The zero-order valence-corrected chi connectivity index (χ0v) is 11.9. The van der Waals surface area contributed by atoms with Crippen molar-refractivity contribution in [2.24, 2.45) is 16.7 Å². The van der Waals surface area contributed by atoms with Crippen LogP contribution in [0.4, 0.5) is 0 Å². The number of hydrogen-bond acceptors (Lipinski definition) is 2. The Morgan fingerprint density at radius 3 is 2.19 bits per heavy atom. The van der Waals surface area contributed by atoms with Crippen LogP contribution in [-0.2, 0) is 0 Å². The van der Waals surface area contributed by atoms with Gasteiger partial charge in [0.05, 0.1) is 11.5 Å². The van der Waals surface area contributed by atoms with Gasteiger partial charge in [0.15, 0.2) is 0 Å². The van der Waals surface area contributed by atoms with Gasteiger partial charge in [0.25, 0.3) is 0 Å². The Balaban J connectivity index is 3.67. The van der Waals surface area contributed by atoms with Gasteiger partial charge < -0.3 is 5.32 Å². The summed E-state index contributed by atoms with van der Waals surface area (Å²) in [4.78, 5) is 0. The van der Waals surface area contributed by atoms with Crippen molar-refractivity contribution in [2.75, 3.05) is 13.1 Å². The Kier molecular flexibility index (Phi) is 6.04. The zero-order chi connectivity index (χ0) is 12.8. The summed E-state index contributed by atoms with van der Waals surface area (Å²) in [5.41, 5.74) is 0.181. The van der Waals surface area contributed by atoms with E-state index in [-0.39, 0.29) is 5.41 Å². The Labute approximate surface area is 101 Å². The van der Waals surface area contributed by atoms with Gasteiger partial charge in [-0.05, 0) is 44.6 Å². The largest absolute Gasteiger partial charge is 0.316 e. The monoisotopic (exact) mass is 224 g/mol. The van der Waals surface area contributed by atoms with E-state index in [0.29, 0.717) is 11.3 Å². The van der Waals surface area contributed by atoms with E-state index in [2.05, 4.69) is 39.1 Å². The average molecular weight is 224 g/mol. The van der Waals surface area contributed by atoms with Crippen LogP contribution in [-0.4, -0.2) is 13.1 Å². The van der Waals surface area contributed by atoms with Crippen LogP contribution in [0.2, 0.25) is 0 Å². The lowest BCUT2D eigenvalue weighted by Crippen LogP contribution is -2.34. The highest BCUT2D eigenvalue weighted by molar-refractivity contribution is 4.91. The minimum Gasteiger partial charge on any atom is -0.316 e. The van der Waals surface area contributed by atoms with Gasteiger partial charge in [-0.25, -0.2) is 0 Å². The molecule has 0 aliphatic rings. The lowest BCUT2D eigenvalue weighted by atomic mass is 9.81. The summed E-state index contributed by atoms with van der Waals surface area (Å²) in [5, 5.41) is 12.4. The molecule has 0 saturated heterocycles. The van der Waals surface area contributed by atoms with Gasteiger partial charge in [0.1, 0.15) is 0 Å². The molecule has 1 N–H and O–H groups in total. The van der Waals surface area contributed by atoms with E-state index in [1.165, 1.54) is 0 Å². The van der Waals surface area contributed by atoms with Gasteiger partial charge in [-0.1, -0.05) is 27.7 Å². The van der Waals surface area contributed by atoms with Crippen LogP contribution in [0.3, 0.4) is 0 Å². The molecule has 0 aliphatic carbocycles. The third-order valence-corrected chi connectivity index (χ3v) is 3.60. The lowest BCUT2D eigenvalue weighted by molar-refractivity contribution is 0.237. The van der Waals surface area contributed by atoms with Crippen molar-refractivity contribution in [1.29, 1.82) is 5.26 Å². The van der Waals surface area contributed by atoms with Crippen molar-refractivity contribution in [3.05, 3.63) is 0 Å². The van der Waals surface area contributed by atoms with Crippen LogP contribution in [0.1, 0.15) is 54.4 Å². The smallest absolute Gasteiger partial charge is 0.0683 e. The molecular formula is C14H28N2. The summed E-state index contributed by atoms with van der Waals surface area (Å²) in [6.07, 6.45) is 2.05. The Hall–Kier alpha value is -0.550. The number of hydrogen-bond donors (Lipinski definition) is 1. The van der Waals surface area contributed by atoms with Crippen LogP contribution in [0.5, 0.6) is 0 Å². The van der Waals surface area contributed by atoms with Gasteiger partial charge in [0.2, 0.25) is 0 Å². The molecule has 16 heavy (non-hydrogen) atoms. The summed E-state index contributed by atoms with van der Waals surface area (Å²) in [6.45, 7) is 15.2. The fourth-order valence-corrected chi connectivity index (χ4v) is 1.33. The van der Waals surface area contributed by atoms with Crippen LogP contribution in [0.15, 0.2) is 0 Å². The highest BCUT2D eigenvalue weighted by Gasteiger charge is 2.21. The summed E-state index contributed by atoms with van der Waals surface area (Å²) < 4.78 is 0. The Bertz CT molecular complexity index is 234. The van der Waals surface area contributed by atoms with E-state index in [4.69, 9.17) is 5.26 Å². The van der Waals surface area contributed by atoms with Gasteiger partial charge in [-0.2, -0.15) is 5.26 Å². The molecule has 0 aromatic carbocycles. The maximum atomic E-state index is 8.88. The first-order valence-electron chi connectivity index (χ1n) is 6.33. The molecule has 0 unspecified atom stereocenters. The molecule has 0 spiro atoms. The van der Waals surface area contributed by atoms with Crippen molar-refractivity contribution in [3.63, 3.8) is 0 Å². The molecule has 0 heterocycles. The fraction of sp³-hybridized carbons (Fsp3) is 0.929. The molecule has 0 rings (SSSR count). The number of nitriles is 1. The average Bonchev–Trinajstić information content (AvgIpc) is 2.16. The maximum absolute atomic E-state index is 8.88. The minimum atomic E-state index is -0.171. The van der Waals surface area contributed by atoms with Crippen LogP contribution < -0.4 is 5.32 Å². The van der Waals surface area contributed by atoms with Gasteiger partial charge in [0, 0.05) is 6.54 Å². The van der Waals surface area contributed by atoms with Crippen molar-refractivity contribution >= 4 is 0 Å². The molecule has 94 valence electrons. The van der Waals surface area contributed by atoms with Crippen molar-refractivity contribution in [2.45, 2.75) is 54.4 Å². The SMILES string of the molecule is CC(C)C(C)(C)CNCCCC(C)(C)C#N.